The van der Waals surface area contributed by atoms with Crippen LogP contribution in [0.15, 0.2) is 24.3 Å². The van der Waals surface area contributed by atoms with E-state index in [4.69, 9.17) is 18.9 Å². The molecule has 0 saturated heterocycles. The van der Waals surface area contributed by atoms with Gasteiger partial charge in [-0.2, -0.15) is 0 Å². The van der Waals surface area contributed by atoms with Crippen molar-refractivity contribution in [2.75, 3.05) is 27.3 Å². The van der Waals surface area contributed by atoms with Crippen LogP contribution in [0.2, 0.25) is 25.7 Å². The van der Waals surface area contributed by atoms with E-state index in [0.717, 1.165) is 28.8 Å². The van der Waals surface area contributed by atoms with Gasteiger partial charge in [-0.3, -0.25) is 0 Å². The van der Waals surface area contributed by atoms with Gasteiger partial charge in [0.1, 0.15) is 17.3 Å². The topological polar surface area (TPSA) is 36.9 Å². The van der Waals surface area contributed by atoms with Crippen molar-refractivity contribution in [3.05, 3.63) is 35.6 Å². The summed E-state index contributed by atoms with van der Waals surface area (Å²) in [6.07, 6.45) is 3.08. The van der Waals surface area contributed by atoms with E-state index in [1.54, 1.807) is 19.2 Å². The van der Waals surface area contributed by atoms with Gasteiger partial charge in [-0.1, -0.05) is 25.7 Å². The van der Waals surface area contributed by atoms with Crippen LogP contribution in [0.3, 0.4) is 0 Å². The molecule has 0 atom stereocenters. The molecule has 0 aromatic heterocycles. The Kier molecular flexibility index (Phi) is 6.96. The third-order valence-corrected chi connectivity index (χ3v) is 6.64. The Hall–Kier alpha value is -1.63. The molecule has 3 rings (SSSR count). The zero-order chi connectivity index (χ0) is 20.1. The van der Waals surface area contributed by atoms with E-state index in [0.29, 0.717) is 24.0 Å². The van der Waals surface area contributed by atoms with Crippen molar-refractivity contribution in [3.63, 3.8) is 0 Å². The minimum Gasteiger partial charge on any atom is -0.467 e. The highest BCUT2D eigenvalue weighted by molar-refractivity contribution is 6.76. The number of hydrogen-bond donors (Lipinski definition) is 0. The van der Waals surface area contributed by atoms with Crippen molar-refractivity contribution >= 4 is 18.8 Å². The lowest BCUT2D eigenvalue weighted by atomic mass is 9.98. The van der Waals surface area contributed by atoms with Gasteiger partial charge in [0.2, 0.25) is 0 Å². The third kappa shape index (κ3) is 5.93. The normalized spacial score (nSPS) is 14.5. The van der Waals surface area contributed by atoms with Gasteiger partial charge in [0.05, 0.1) is 0 Å². The van der Waals surface area contributed by atoms with E-state index in [-0.39, 0.29) is 19.4 Å². The second kappa shape index (κ2) is 9.24. The van der Waals surface area contributed by atoms with Gasteiger partial charge in [0, 0.05) is 33.2 Å². The highest BCUT2D eigenvalue weighted by Gasteiger charge is 2.25. The molecule has 1 aliphatic carbocycles. The van der Waals surface area contributed by atoms with Crippen LogP contribution in [0.4, 0.5) is 4.39 Å². The summed E-state index contributed by atoms with van der Waals surface area (Å²) in [6, 6.07) is 8.10. The van der Waals surface area contributed by atoms with Crippen molar-refractivity contribution in [1.29, 1.82) is 0 Å². The standard InChI is InChI=1S/C22H31FO4Si/c1-24-14-26-18-12-17-7-8-20(23)19(11-16-5-6-16)22(17)21(13-18)27-15-25-9-10-28(2,3)4/h7-8,12-13,16H,5-6,9-11,14-15H2,1-4H3. The van der Waals surface area contributed by atoms with Crippen molar-refractivity contribution in [3.8, 4) is 11.5 Å². The Morgan fingerprint density at radius 2 is 1.86 bits per heavy atom. The van der Waals surface area contributed by atoms with Crippen LogP contribution in [0.25, 0.3) is 10.8 Å². The van der Waals surface area contributed by atoms with Crippen LogP contribution in [-0.2, 0) is 15.9 Å². The summed E-state index contributed by atoms with van der Waals surface area (Å²) in [4.78, 5) is 0. The zero-order valence-corrected chi connectivity index (χ0v) is 18.3. The van der Waals surface area contributed by atoms with Gasteiger partial charge in [-0.15, -0.1) is 0 Å². The molecule has 4 nitrogen and oxygen atoms in total. The molecule has 28 heavy (non-hydrogen) atoms. The van der Waals surface area contributed by atoms with Gasteiger partial charge in [0.25, 0.3) is 0 Å². The van der Waals surface area contributed by atoms with Gasteiger partial charge in [0.15, 0.2) is 13.6 Å². The fourth-order valence-electron chi connectivity index (χ4n) is 3.12. The van der Waals surface area contributed by atoms with Gasteiger partial charge in [-0.05, 0) is 54.3 Å². The van der Waals surface area contributed by atoms with E-state index in [9.17, 15) is 4.39 Å². The molecule has 1 aliphatic rings. The van der Waals surface area contributed by atoms with Crippen LogP contribution < -0.4 is 9.47 Å². The monoisotopic (exact) mass is 406 g/mol. The molecule has 0 unspecified atom stereocenters. The molecule has 2 aromatic carbocycles. The van der Waals surface area contributed by atoms with Crippen molar-refractivity contribution in [2.45, 2.75) is 44.9 Å². The molecular weight excluding hydrogens is 375 g/mol. The lowest BCUT2D eigenvalue weighted by Crippen LogP contribution is -2.22. The van der Waals surface area contributed by atoms with Gasteiger partial charge < -0.3 is 18.9 Å². The molecule has 1 saturated carbocycles. The minimum atomic E-state index is -1.15. The number of methoxy groups -OCH3 is 1. The average Bonchev–Trinajstić information content (AvgIpc) is 3.45. The van der Waals surface area contributed by atoms with Crippen LogP contribution in [0.1, 0.15) is 18.4 Å². The summed E-state index contributed by atoms with van der Waals surface area (Å²) in [6.45, 7) is 7.91. The highest BCUT2D eigenvalue weighted by Crippen LogP contribution is 2.40. The molecule has 0 spiro atoms. The summed E-state index contributed by atoms with van der Waals surface area (Å²) in [5, 5.41) is 1.73. The number of ether oxygens (including phenoxy) is 4. The zero-order valence-electron chi connectivity index (χ0n) is 17.3. The van der Waals surface area contributed by atoms with Crippen LogP contribution in [0.5, 0.6) is 11.5 Å². The lowest BCUT2D eigenvalue weighted by Gasteiger charge is -2.18. The molecule has 6 heteroatoms. The Labute approximate surface area is 167 Å². The number of benzene rings is 2. The summed E-state index contributed by atoms with van der Waals surface area (Å²) in [7, 11) is 0.431. The molecule has 0 heterocycles. The van der Waals surface area contributed by atoms with Crippen molar-refractivity contribution < 1.29 is 23.3 Å². The van der Waals surface area contributed by atoms with Gasteiger partial charge >= 0.3 is 0 Å². The Balaban J connectivity index is 1.84. The lowest BCUT2D eigenvalue weighted by molar-refractivity contribution is 0.0223. The molecular formula is C22H31FO4Si. The second-order valence-electron chi connectivity index (χ2n) is 8.72. The molecule has 0 aliphatic heterocycles. The smallest absolute Gasteiger partial charge is 0.189 e. The third-order valence-electron chi connectivity index (χ3n) is 4.93. The number of hydrogen-bond acceptors (Lipinski definition) is 4. The number of fused-ring (bicyclic) bond motifs is 1. The van der Waals surface area contributed by atoms with Crippen LogP contribution >= 0.6 is 0 Å². The molecule has 0 bridgehead atoms. The average molecular weight is 407 g/mol. The Bertz CT molecular complexity index is 799. The van der Waals surface area contributed by atoms with Crippen molar-refractivity contribution in [2.24, 2.45) is 5.92 Å². The highest BCUT2D eigenvalue weighted by atomic mass is 28.3. The van der Waals surface area contributed by atoms with Crippen LogP contribution in [-0.4, -0.2) is 35.4 Å². The largest absolute Gasteiger partial charge is 0.467 e. The maximum atomic E-state index is 14.6. The fraction of sp³-hybridized carbons (Fsp3) is 0.545. The first-order valence-corrected chi connectivity index (χ1v) is 13.7. The molecule has 0 radical (unpaired) electrons. The first kappa shape index (κ1) is 21.1. The Morgan fingerprint density at radius 3 is 2.54 bits per heavy atom. The summed E-state index contributed by atoms with van der Waals surface area (Å²) >= 11 is 0. The number of rotatable bonds is 11. The maximum absolute atomic E-state index is 14.6. The number of halogens is 1. The summed E-state index contributed by atoms with van der Waals surface area (Å²) in [5.74, 6) is 1.64. The summed E-state index contributed by atoms with van der Waals surface area (Å²) < 4.78 is 36.9. The Morgan fingerprint density at radius 1 is 1.07 bits per heavy atom. The maximum Gasteiger partial charge on any atom is 0.189 e. The van der Waals surface area contributed by atoms with Crippen LogP contribution in [0, 0.1) is 11.7 Å². The van der Waals surface area contributed by atoms with E-state index in [1.807, 2.05) is 6.07 Å². The second-order valence-corrected chi connectivity index (χ2v) is 14.3. The summed E-state index contributed by atoms with van der Waals surface area (Å²) in [5.41, 5.74) is 0.732. The van der Waals surface area contributed by atoms with E-state index < -0.39 is 8.07 Å². The molecule has 1 fully saturated rings. The fourth-order valence-corrected chi connectivity index (χ4v) is 3.88. The quantitative estimate of drug-likeness (QED) is 0.276. The molecule has 0 amide bonds. The SMILES string of the molecule is COCOc1cc(OCOCC[Si](C)(C)C)c2c(CC3CC3)c(F)ccc2c1. The minimum absolute atomic E-state index is 0.146. The predicted octanol–water partition coefficient (Wildman–Crippen LogP) is 5.61. The first-order valence-electron chi connectivity index (χ1n) is 9.95. The first-order chi connectivity index (χ1) is 13.4. The van der Waals surface area contributed by atoms with E-state index >= 15 is 0 Å². The molecule has 0 N–H and O–H groups in total. The van der Waals surface area contributed by atoms with Gasteiger partial charge in [-0.25, -0.2) is 4.39 Å². The van der Waals surface area contributed by atoms with Crippen molar-refractivity contribution in [1.82, 2.24) is 0 Å². The van der Waals surface area contributed by atoms with E-state index in [1.165, 1.54) is 18.9 Å². The molecule has 154 valence electrons. The molecule has 2 aromatic rings. The predicted molar refractivity (Wildman–Crippen MR) is 112 cm³/mol. The van der Waals surface area contributed by atoms with E-state index in [2.05, 4.69) is 19.6 Å².